The highest BCUT2D eigenvalue weighted by Crippen LogP contribution is 2.16. The number of hydrogen-bond acceptors (Lipinski definition) is 4. The number of aromatic nitrogens is 4. The molecule has 0 spiro atoms. The molecule has 0 amide bonds. The van der Waals surface area contributed by atoms with Gasteiger partial charge in [0.1, 0.15) is 0 Å². The number of nitrogen functional groups attached to an aromatic ring is 1. The van der Waals surface area contributed by atoms with Gasteiger partial charge in [-0.15, -0.1) is 0 Å². The lowest BCUT2D eigenvalue weighted by Gasteiger charge is -1.99. The first-order valence-corrected chi connectivity index (χ1v) is 5.51. The molecule has 0 saturated carbocycles. The van der Waals surface area contributed by atoms with Crippen molar-refractivity contribution in [2.75, 3.05) is 5.73 Å². The van der Waals surface area contributed by atoms with Crippen molar-refractivity contribution in [3.05, 3.63) is 55.1 Å². The van der Waals surface area contributed by atoms with Crippen molar-refractivity contribution in [3.8, 4) is 17.1 Å². The van der Waals surface area contributed by atoms with Crippen LogP contribution in [0.15, 0.2) is 55.1 Å². The molecule has 0 fully saturated rings. The molecule has 0 aliphatic carbocycles. The number of anilines is 1. The van der Waals surface area contributed by atoms with E-state index < -0.39 is 0 Å². The van der Waals surface area contributed by atoms with Gasteiger partial charge in [0, 0.05) is 18.0 Å². The minimum absolute atomic E-state index is 0.635. The Hall–Kier alpha value is -2.69. The third kappa shape index (κ3) is 1.93. The number of nitrogens with zero attached hydrogens (tertiary/aromatic N) is 4. The number of pyridine rings is 2. The molecule has 0 atom stereocenters. The molecule has 0 bridgehead atoms. The molecule has 0 radical (unpaired) electrons. The summed E-state index contributed by atoms with van der Waals surface area (Å²) in [6, 6.07) is 9.39. The molecule has 5 nitrogen and oxygen atoms in total. The van der Waals surface area contributed by atoms with Gasteiger partial charge in [0.25, 0.3) is 0 Å². The van der Waals surface area contributed by atoms with Crippen LogP contribution < -0.4 is 5.73 Å². The molecule has 3 aromatic rings. The molecule has 5 heteroatoms. The highest BCUT2D eigenvalue weighted by molar-refractivity contribution is 5.57. The van der Waals surface area contributed by atoms with E-state index in [-0.39, 0.29) is 0 Å². The van der Waals surface area contributed by atoms with Gasteiger partial charge >= 0.3 is 0 Å². The quantitative estimate of drug-likeness (QED) is 0.739. The average Bonchev–Trinajstić information content (AvgIpc) is 2.90. The van der Waals surface area contributed by atoms with E-state index in [1.54, 1.807) is 29.3 Å². The van der Waals surface area contributed by atoms with Crippen LogP contribution in [0, 0.1) is 0 Å². The zero-order valence-corrected chi connectivity index (χ0v) is 9.56. The van der Waals surface area contributed by atoms with E-state index in [0.29, 0.717) is 5.69 Å². The lowest BCUT2D eigenvalue weighted by molar-refractivity contribution is 0.847. The predicted molar refractivity (Wildman–Crippen MR) is 69.0 cm³/mol. The minimum atomic E-state index is 0.635. The zero-order valence-electron chi connectivity index (χ0n) is 9.56. The van der Waals surface area contributed by atoms with Crippen LogP contribution in [0.4, 0.5) is 5.69 Å². The normalized spacial score (nSPS) is 10.4. The molecule has 0 aromatic carbocycles. The topological polar surface area (TPSA) is 69.6 Å². The molecular weight excluding hydrogens is 226 g/mol. The SMILES string of the molecule is Nc1ccc(-n2cc(-c3ccccn3)cn2)nc1. The Bertz CT molecular complexity index is 643. The van der Waals surface area contributed by atoms with E-state index in [2.05, 4.69) is 15.1 Å². The second-order valence-corrected chi connectivity index (χ2v) is 3.84. The van der Waals surface area contributed by atoms with Crippen molar-refractivity contribution in [1.29, 1.82) is 0 Å². The van der Waals surface area contributed by atoms with Crippen molar-refractivity contribution in [2.45, 2.75) is 0 Å². The molecule has 88 valence electrons. The molecule has 3 heterocycles. The summed E-state index contributed by atoms with van der Waals surface area (Å²) in [7, 11) is 0. The fourth-order valence-corrected chi connectivity index (χ4v) is 1.65. The molecule has 3 rings (SSSR count). The predicted octanol–water partition coefficient (Wildman–Crippen LogP) is 1.91. The van der Waals surface area contributed by atoms with Gasteiger partial charge in [-0.25, -0.2) is 9.67 Å². The summed E-state index contributed by atoms with van der Waals surface area (Å²) in [5, 5.41) is 4.27. The standard InChI is InChI=1S/C13H11N5/c14-11-4-5-13(16-8-11)18-9-10(7-17-18)12-3-1-2-6-15-12/h1-9H,14H2. The van der Waals surface area contributed by atoms with E-state index in [1.165, 1.54) is 0 Å². The van der Waals surface area contributed by atoms with Crippen LogP contribution >= 0.6 is 0 Å². The van der Waals surface area contributed by atoms with Gasteiger partial charge in [0.05, 0.1) is 23.8 Å². The summed E-state index contributed by atoms with van der Waals surface area (Å²) in [6.45, 7) is 0. The Labute approximate surface area is 104 Å². The molecule has 0 aliphatic rings. The Morgan fingerprint density at radius 2 is 1.94 bits per heavy atom. The van der Waals surface area contributed by atoms with Crippen LogP contribution in [-0.4, -0.2) is 19.7 Å². The van der Waals surface area contributed by atoms with Crippen LogP contribution in [0.5, 0.6) is 0 Å². The monoisotopic (exact) mass is 237 g/mol. The maximum absolute atomic E-state index is 5.60. The van der Waals surface area contributed by atoms with Crippen LogP contribution in [0.1, 0.15) is 0 Å². The van der Waals surface area contributed by atoms with Gasteiger partial charge in [-0.2, -0.15) is 5.10 Å². The summed E-state index contributed by atoms with van der Waals surface area (Å²) in [5.41, 5.74) is 8.08. The van der Waals surface area contributed by atoms with Crippen molar-refractivity contribution in [2.24, 2.45) is 0 Å². The smallest absolute Gasteiger partial charge is 0.153 e. The first-order chi connectivity index (χ1) is 8.83. The Morgan fingerprint density at radius 1 is 1.00 bits per heavy atom. The number of nitrogens with two attached hydrogens (primary N) is 1. The molecule has 0 unspecified atom stereocenters. The molecule has 3 aromatic heterocycles. The minimum Gasteiger partial charge on any atom is -0.397 e. The van der Waals surface area contributed by atoms with Crippen molar-refractivity contribution < 1.29 is 0 Å². The summed E-state index contributed by atoms with van der Waals surface area (Å²) in [4.78, 5) is 8.49. The number of hydrogen-bond donors (Lipinski definition) is 1. The molecule has 0 aliphatic heterocycles. The van der Waals surface area contributed by atoms with Crippen LogP contribution in [0.25, 0.3) is 17.1 Å². The van der Waals surface area contributed by atoms with Gasteiger partial charge in [0.2, 0.25) is 0 Å². The van der Waals surface area contributed by atoms with E-state index in [0.717, 1.165) is 17.1 Å². The van der Waals surface area contributed by atoms with Crippen LogP contribution in [0.2, 0.25) is 0 Å². The summed E-state index contributed by atoms with van der Waals surface area (Å²) < 4.78 is 1.70. The summed E-state index contributed by atoms with van der Waals surface area (Å²) >= 11 is 0. The second-order valence-electron chi connectivity index (χ2n) is 3.84. The zero-order chi connectivity index (χ0) is 12.4. The Kier molecular flexibility index (Phi) is 2.49. The van der Waals surface area contributed by atoms with E-state index in [1.807, 2.05) is 30.5 Å². The van der Waals surface area contributed by atoms with Gasteiger partial charge in [-0.1, -0.05) is 6.07 Å². The highest BCUT2D eigenvalue weighted by Gasteiger charge is 2.04. The fraction of sp³-hybridized carbons (Fsp3) is 0. The number of rotatable bonds is 2. The van der Waals surface area contributed by atoms with Gasteiger partial charge in [-0.05, 0) is 24.3 Å². The second kappa shape index (κ2) is 4.29. The molecule has 2 N–H and O–H groups in total. The third-order valence-corrected chi connectivity index (χ3v) is 2.55. The van der Waals surface area contributed by atoms with Crippen molar-refractivity contribution >= 4 is 5.69 Å². The largest absolute Gasteiger partial charge is 0.397 e. The molecule has 18 heavy (non-hydrogen) atoms. The molecule has 0 saturated heterocycles. The van der Waals surface area contributed by atoms with Crippen LogP contribution in [-0.2, 0) is 0 Å². The summed E-state index contributed by atoms with van der Waals surface area (Å²) in [6.07, 6.45) is 7.02. The van der Waals surface area contributed by atoms with Crippen LogP contribution in [0.3, 0.4) is 0 Å². The lowest BCUT2D eigenvalue weighted by Crippen LogP contribution is -1.98. The van der Waals surface area contributed by atoms with Gasteiger partial charge in [0.15, 0.2) is 5.82 Å². The van der Waals surface area contributed by atoms with E-state index >= 15 is 0 Å². The first kappa shape index (κ1) is 10.5. The fourth-order valence-electron chi connectivity index (χ4n) is 1.65. The van der Waals surface area contributed by atoms with E-state index in [9.17, 15) is 0 Å². The van der Waals surface area contributed by atoms with Gasteiger partial charge in [-0.3, -0.25) is 4.98 Å². The molecular formula is C13H11N5. The Balaban J connectivity index is 1.97. The van der Waals surface area contributed by atoms with E-state index in [4.69, 9.17) is 5.73 Å². The third-order valence-electron chi connectivity index (χ3n) is 2.55. The first-order valence-electron chi connectivity index (χ1n) is 5.51. The maximum Gasteiger partial charge on any atom is 0.153 e. The maximum atomic E-state index is 5.60. The Morgan fingerprint density at radius 3 is 2.67 bits per heavy atom. The summed E-state index contributed by atoms with van der Waals surface area (Å²) in [5.74, 6) is 0.728. The highest BCUT2D eigenvalue weighted by atomic mass is 15.3. The van der Waals surface area contributed by atoms with Gasteiger partial charge < -0.3 is 5.73 Å². The average molecular weight is 237 g/mol. The lowest BCUT2D eigenvalue weighted by atomic mass is 10.2. The van der Waals surface area contributed by atoms with Crippen molar-refractivity contribution in [1.82, 2.24) is 19.7 Å². The van der Waals surface area contributed by atoms with Crippen molar-refractivity contribution in [3.63, 3.8) is 0 Å².